The molecule has 1 fully saturated rings. The van der Waals surface area contributed by atoms with Crippen LogP contribution in [0.2, 0.25) is 0 Å². The molecular weight excluding hydrogens is 380 g/mol. The Hall–Kier alpha value is -2.58. The van der Waals surface area contributed by atoms with E-state index in [9.17, 15) is 9.59 Å². The molecule has 0 radical (unpaired) electrons. The number of benzene rings is 1. The topological polar surface area (TPSA) is 74.6 Å². The van der Waals surface area contributed by atoms with Gasteiger partial charge in [-0.05, 0) is 20.8 Å². The zero-order chi connectivity index (χ0) is 21.3. The summed E-state index contributed by atoms with van der Waals surface area (Å²) in [5.41, 5.74) is 1.58. The number of amides is 1. The van der Waals surface area contributed by atoms with Gasteiger partial charge in [0.15, 0.2) is 11.6 Å². The lowest BCUT2D eigenvalue weighted by atomic mass is 10.1. The molecule has 30 heavy (non-hydrogen) atoms. The van der Waals surface area contributed by atoms with Crippen molar-refractivity contribution in [1.82, 2.24) is 29.5 Å². The molecule has 2 aromatic rings. The molecular formula is C22H30N6O2. The van der Waals surface area contributed by atoms with Crippen molar-refractivity contribution in [3.05, 3.63) is 35.7 Å². The second-order valence-corrected chi connectivity index (χ2v) is 8.44. The third kappa shape index (κ3) is 4.44. The molecule has 0 N–H and O–H groups in total. The average Bonchev–Trinajstić information content (AvgIpc) is 3.17. The maximum atomic E-state index is 12.8. The first-order valence-electron chi connectivity index (χ1n) is 10.7. The van der Waals surface area contributed by atoms with E-state index in [2.05, 4.69) is 33.7 Å². The van der Waals surface area contributed by atoms with Crippen LogP contribution in [0.5, 0.6) is 0 Å². The van der Waals surface area contributed by atoms with Gasteiger partial charge in [-0.2, -0.15) is 0 Å². The second kappa shape index (κ2) is 8.65. The summed E-state index contributed by atoms with van der Waals surface area (Å²) in [5, 5.41) is 4.64. The van der Waals surface area contributed by atoms with E-state index in [0.717, 1.165) is 50.5 Å². The molecule has 1 amide bonds. The molecule has 8 heteroatoms. The van der Waals surface area contributed by atoms with Crippen LogP contribution in [-0.2, 0) is 17.9 Å². The number of carbonyl (C=O) groups is 2. The Morgan fingerprint density at radius 3 is 2.37 bits per heavy atom. The number of hydrogen-bond acceptors (Lipinski definition) is 6. The highest BCUT2D eigenvalue weighted by atomic mass is 16.2. The Balaban J connectivity index is 1.36. The van der Waals surface area contributed by atoms with Gasteiger partial charge in [-0.25, -0.2) is 9.67 Å². The molecule has 1 aromatic heterocycles. The van der Waals surface area contributed by atoms with Crippen molar-refractivity contribution in [3.8, 4) is 11.4 Å². The standard InChI is InChI=1S/C22H30N6O2/c1-16(2)26-10-12-27(13-11-26)21(30)14-25-9-8-20-23-22(24-28(20)15-25)19-6-4-18(5-7-19)17(3)29/h4-7,16H,8-15H2,1-3H3. The Morgan fingerprint density at radius 2 is 1.73 bits per heavy atom. The molecule has 0 atom stereocenters. The van der Waals surface area contributed by atoms with Gasteiger partial charge in [0.05, 0.1) is 13.2 Å². The zero-order valence-corrected chi connectivity index (χ0v) is 18.0. The van der Waals surface area contributed by atoms with Crippen molar-refractivity contribution in [2.24, 2.45) is 0 Å². The van der Waals surface area contributed by atoms with Crippen LogP contribution in [0.1, 0.15) is 37.0 Å². The lowest BCUT2D eigenvalue weighted by molar-refractivity contribution is -0.135. The molecule has 0 spiro atoms. The van der Waals surface area contributed by atoms with Gasteiger partial charge in [0.2, 0.25) is 5.91 Å². The van der Waals surface area contributed by atoms with Gasteiger partial charge in [0.1, 0.15) is 5.82 Å². The molecule has 0 aliphatic carbocycles. The maximum absolute atomic E-state index is 12.8. The number of carbonyl (C=O) groups excluding carboxylic acids is 2. The molecule has 2 aliphatic rings. The minimum absolute atomic E-state index is 0.0459. The predicted molar refractivity (Wildman–Crippen MR) is 114 cm³/mol. The van der Waals surface area contributed by atoms with Crippen LogP contribution in [0.3, 0.4) is 0 Å². The molecule has 2 aliphatic heterocycles. The van der Waals surface area contributed by atoms with Gasteiger partial charge >= 0.3 is 0 Å². The minimum Gasteiger partial charge on any atom is -0.339 e. The number of piperazine rings is 1. The number of rotatable bonds is 5. The average molecular weight is 411 g/mol. The van der Waals surface area contributed by atoms with E-state index in [1.165, 1.54) is 0 Å². The Labute approximate surface area is 177 Å². The number of nitrogens with zero attached hydrogens (tertiary/aromatic N) is 6. The van der Waals surface area contributed by atoms with E-state index in [4.69, 9.17) is 0 Å². The molecule has 3 heterocycles. The summed E-state index contributed by atoms with van der Waals surface area (Å²) in [6.07, 6.45) is 0.771. The number of aromatic nitrogens is 3. The number of fused-ring (bicyclic) bond motifs is 1. The van der Waals surface area contributed by atoms with E-state index in [0.29, 0.717) is 30.6 Å². The molecule has 0 bridgehead atoms. The lowest BCUT2D eigenvalue weighted by Crippen LogP contribution is -2.53. The minimum atomic E-state index is 0.0459. The Bertz CT molecular complexity index is 912. The van der Waals surface area contributed by atoms with E-state index < -0.39 is 0 Å². The Kier molecular flexibility index (Phi) is 5.97. The first-order valence-corrected chi connectivity index (χ1v) is 10.7. The highest BCUT2D eigenvalue weighted by molar-refractivity contribution is 5.94. The monoisotopic (exact) mass is 410 g/mol. The van der Waals surface area contributed by atoms with Crippen molar-refractivity contribution >= 4 is 11.7 Å². The van der Waals surface area contributed by atoms with Gasteiger partial charge in [-0.3, -0.25) is 19.4 Å². The van der Waals surface area contributed by atoms with E-state index in [1.807, 2.05) is 33.8 Å². The lowest BCUT2D eigenvalue weighted by Gasteiger charge is -2.38. The van der Waals surface area contributed by atoms with Gasteiger partial charge < -0.3 is 4.90 Å². The van der Waals surface area contributed by atoms with Crippen LogP contribution in [0.4, 0.5) is 0 Å². The number of ketones is 1. The molecule has 1 aromatic carbocycles. The van der Waals surface area contributed by atoms with Gasteiger partial charge in [-0.1, -0.05) is 24.3 Å². The van der Waals surface area contributed by atoms with Crippen LogP contribution in [0.25, 0.3) is 11.4 Å². The highest BCUT2D eigenvalue weighted by Gasteiger charge is 2.26. The maximum Gasteiger partial charge on any atom is 0.236 e. The van der Waals surface area contributed by atoms with E-state index >= 15 is 0 Å². The number of hydrogen-bond donors (Lipinski definition) is 0. The smallest absolute Gasteiger partial charge is 0.236 e. The van der Waals surface area contributed by atoms with Crippen LogP contribution >= 0.6 is 0 Å². The molecule has 0 unspecified atom stereocenters. The summed E-state index contributed by atoms with van der Waals surface area (Å²) in [7, 11) is 0. The molecule has 8 nitrogen and oxygen atoms in total. The molecule has 4 rings (SSSR count). The summed E-state index contributed by atoms with van der Waals surface area (Å²) >= 11 is 0. The van der Waals surface area contributed by atoms with E-state index in [1.54, 1.807) is 6.92 Å². The summed E-state index contributed by atoms with van der Waals surface area (Å²) in [5.74, 6) is 1.85. The normalized spacial score (nSPS) is 17.9. The van der Waals surface area contributed by atoms with Crippen molar-refractivity contribution in [2.45, 2.75) is 39.9 Å². The first-order chi connectivity index (χ1) is 14.4. The van der Waals surface area contributed by atoms with Crippen LogP contribution in [0, 0.1) is 0 Å². The van der Waals surface area contributed by atoms with Crippen LogP contribution in [0.15, 0.2) is 24.3 Å². The molecule has 1 saturated heterocycles. The summed E-state index contributed by atoms with van der Waals surface area (Å²) < 4.78 is 1.89. The quantitative estimate of drug-likeness (QED) is 0.696. The fourth-order valence-corrected chi connectivity index (χ4v) is 4.08. The SMILES string of the molecule is CC(=O)c1ccc(-c2nc3n(n2)CN(CC(=O)N2CCN(C(C)C)CC2)CC3)cc1. The van der Waals surface area contributed by atoms with Gasteiger partial charge in [-0.15, -0.1) is 5.10 Å². The van der Waals surface area contributed by atoms with Crippen LogP contribution < -0.4 is 0 Å². The van der Waals surface area contributed by atoms with Crippen molar-refractivity contribution in [3.63, 3.8) is 0 Å². The van der Waals surface area contributed by atoms with Crippen LogP contribution in [-0.4, -0.2) is 86.5 Å². The van der Waals surface area contributed by atoms with Crippen molar-refractivity contribution < 1.29 is 9.59 Å². The third-order valence-electron chi connectivity index (χ3n) is 6.04. The fraction of sp³-hybridized carbons (Fsp3) is 0.545. The summed E-state index contributed by atoms with van der Waals surface area (Å²) in [6.45, 7) is 11.3. The van der Waals surface area contributed by atoms with Crippen molar-refractivity contribution in [2.75, 3.05) is 39.3 Å². The van der Waals surface area contributed by atoms with Crippen molar-refractivity contribution in [1.29, 1.82) is 0 Å². The predicted octanol–water partition coefficient (Wildman–Crippen LogP) is 1.52. The summed E-state index contributed by atoms with van der Waals surface area (Å²) in [6, 6.07) is 7.92. The second-order valence-electron chi connectivity index (χ2n) is 8.44. The highest BCUT2D eigenvalue weighted by Crippen LogP contribution is 2.19. The summed E-state index contributed by atoms with van der Waals surface area (Å²) in [4.78, 5) is 35.4. The number of Topliss-reactive ketones (excluding diaryl/α,β-unsaturated/α-hetero) is 1. The third-order valence-corrected chi connectivity index (χ3v) is 6.04. The fourth-order valence-electron chi connectivity index (χ4n) is 4.08. The molecule has 160 valence electrons. The first kappa shape index (κ1) is 20.7. The van der Waals surface area contributed by atoms with Gasteiger partial charge in [0, 0.05) is 56.3 Å². The van der Waals surface area contributed by atoms with Gasteiger partial charge in [0.25, 0.3) is 0 Å². The largest absolute Gasteiger partial charge is 0.339 e. The molecule has 0 saturated carbocycles. The Morgan fingerprint density at radius 1 is 1.03 bits per heavy atom. The zero-order valence-electron chi connectivity index (χ0n) is 18.0. The van der Waals surface area contributed by atoms with E-state index in [-0.39, 0.29) is 11.7 Å².